The molecule has 9 nitrogen and oxygen atoms in total. The van der Waals surface area contributed by atoms with Gasteiger partial charge < -0.3 is 5.73 Å². The van der Waals surface area contributed by atoms with Crippen molar-refractivity contribution in [2.75, 3.05) is 17.8 Å². The van der Waals surface area contributed by atoms with Crippen molar-refractivity contribution in [1.29, 1.82) is 0 Å². The highest BCUT2D eigenvalue weighted by atomic mass is 19.4. The van der Waals surface area contributed by atoms with E-state index in [2.05, 4.69) is 24.9 Å². The van der Waals surface area contributed by atoms with Crippen molar-refractivity contribution < 1.29 is 18.0 Å². The maximum absolute atomic E-state index is 13.8. The van der Waals surface area contributed by atoms with Crippen LogP contribution in [0.1, 0.15) is 21.6 Å². The fourth-order valence-corrected chi connectivity index (χ4v) is 3.87. The van der Waals surface area contributed by atoms with Crippen LogP contribution < -0.4 is 10.7 Å². The number of rotatable bonds is 5. The van der Waals surface area contributed by atoms with Crippen molar-refractivity contribution in [3.8, 4) is 0 Å². The Kier molecular flexibility index (Phi) is 5.99. The molecule has 0 fully saturated rings. The Balaban J connectivity index is 1.56. The molecule has 2 N–H and O–H groups in total. The van der Waals surface area contributed by atoms with Crippen molar-refractivity contribution in [1.82, 2.24) is 29.9 Å². The van der Waals surface area contributed by atoms with Crippen LogP contribution in [0.2, 0.25) is 0 Å². The maximum atomic E-state index is 13.8. The Labute approximate surface area is 208 Å². The van der Waals surface area contributed by atoms with Gasteiger partial charge in [0.1, 0.15) is 5.82 Å². The number of aromatic nitrogens is 5. The van der Waals surface area contributed by atoms with Crippen LogP contribution in [0.4, 0.5) is 24.9 Å². The summed E-state index contributed by atoms with van der Waals surface area (Å²) in [5.74, 6) is 0.0951. The van der Waals surface area contributed by atoms with Crippen LogP contribution in [0.15, 0.2) is 73.4 Å². The first-order valence-electron chi connectivity index (χ1n) is 11.0. The number of halogens is 3. The van der Waals surface area contributed by atoms with Gasteiger partial charge in [-0.1, -0.05) is 0 Å². The number of carbonyl (C=O) groups excluding carboxylic acids is 1. The number of pyridine rings is 3. The smallest absolute Gasteiger partial charge is 0.383 e. The quantitative estimate of drug-likeness (QED) is 0.279. The standard InChI is InChI=1S/C25H19F3N8O/c1-35(24-31-8-2-9-32-24)36(14-17-5-4-16(12-33-17)25(26,27)28)23(37)15-3-6-21-19(11-15)18-7-10-30-13-20(18)22(29)34-21/h2-13H,14H2,1H3,(H2,29,34). The van der Waals surface area contributed by atoms with Crippen molar-refractivity contribution in [2.45, 2.75) is 12.7 Å². The van der Waals surface area contributed by atoms with Crippen molar-refractivity contribution in [3.05, 3.63) is 90.3 Å². The van der Waals surface area contributed by atoms with E-state index in [0.717, 1.165) is 17.6 Å². The monoisotopic (exact) mass is 504 g/mol. The first kappa shape index (κ1) is 23.9. The highest BCUT2D eigenvalue weighted by molar-refractivity contribution is 6.11. The number of hydrogen-bond donors (Lipinski definition) is 1. The van der Waals surface area contributed by atoms with Crippen LogP contribution in [0.3, 0.4) is 0 Å². The Morgan fingerprint density at radius 1 is 0.946 bits per heavy atom. The summed E-state index contributed by atoms with van der Waals surface area (Å²) in [7, 11) is 1.59. The Morgan fingerprint density at radius 3 is 2.43 bits per heavy atom. The predicted octanol–water partition coefficient (Wildman–Crippen LogP) is 4.26. The third kappa shape index (κ3) is 4.68. The fraction of sp³-hybridized carbons (Fsp3) is 0.120. The highest BCUT2D eigenvalue weighted by Crippen LogP contribution is 2.30. The van der Waals surface area contributed by atoms with Crippen LogP contribution in [-0.4, -0.2) is 42.9 Å². The Bertz CT molecular complexity index is 1590. The molecule has 0 bridgehead atoms. The molecule has 186 valence electrons. The molecule has 0 aliphatic rings. The van der Waals surface area contributed by atoms with Crippen molar-refractivity contribution in [2.24, 2.45) is 0 Å². The number of benzene rings is 1. The molecule has 0 saturated heterocycles. The number of fused-ring (bicyclic) bond motifs is 3. The van der Waals surface area contributed by atoms with Crippen LogP contribution in [0, 0.1) is 0 Å². The first-order valence-corrected chi connectivity index (χ1v) is 11.0. The lowest BCUT2D eigenvalue weighted by atomic mass is 10.0. The second-order valence-corrected chi connectivity index (χ2v) is 8.12. The summed E-state index contributed by atoms with van der Waals surface area (Å²) in [6.45, 7) is -0.131. The van der Waals surface area contributed by atoms with Gasteiger partial charge in [-0.25, -0.2) is 20.0 Å². The number of amides is 1. The molecule has 4 aromatic heterocycles. The highest BCUT2D eigenvalue weighted by Gasteiger charge is 2.31. The molecule has 5 aromatic rings. The van der Waals surface area contributed by atoms with Gasteiger partial charge in [-0.3, -0.25) is 19.8 Å². The van der Waals surface area contributed by atoms with E-state index in [1.54, 1.807) is 49.8 Å². The molecule has 0 unspecified atom stereocenters. The topological polar surface area (TPSA) is 114 Å². The SMILES string of the molecule is CN(c1ncccn1)N(Cc1ccc(C(F)(F)F)cn1)C(=O)c1ccc2nc(N)c3cnccc3c2c1. The van der Waals surface area contributed by atoms with E-state index in [0.29, 0.717) is 27.7 Å². The van der Waals surface area contributed by atoms with Crippen molar-refractivity contribution >= 4 is 39.3 Å². The minimum Gasteiger partial charge on any atom is -0.383 e. The van der Waals surface area contributed by atoms with Gasteiger partial charge in [0.15, 0.2) is 0 Å². The molecular weight excluding hydrogens is 485 g/mol. The molecule has 5 rings (SSSR count). The lowest BCUT2D eigenvalue weighted by Gasteiger charge is -2.31. The van der Waals surface area contributed by atoms with Gasteiger partial charge in [0.2, 0.25) is 5.95 Å². The summed E-state index contributed by atoms with van der Waals surface area (Å²) >= 11 is 0. The number of hydrazine groups is 1. The minimum atomic E-state index is -4.52. The predicted molar refractivity (Wildman–Crippen MR) is 131 cm³/mol. The van der Waals surface area contributed by atoms with Crippen LogP contribution in [0.25, 0.3) is 21.7 Å². The fourth-order valence-electron chi connectivity index (χ4n) is 3.87. The van der Waals surface area contributed by atoms with E-state index in [-0.39, 0.29) is 18.2 Å². The summed E-state index contributed by atoms with van der Waals surface area (Å²) in [4.78, 5) is 34.6. The minimum absolute atomic E-state index is 0.131. The van der Waals surface area contributed by atoms with Gasteiger partial charge in [-0.15, -0.1) is 0 Å². The molecule has 37 heavy (non-hydrogen) atoms. The Hall–Kier alpha value is -4.87. The molecule has 0 aliphatic heterocycles. The molecule has 1 amide bonds. The number of nitrogen functional groups attached to an aromatic ring is 1. The molecule has 0 radical (unpaired) electrons. The van der Waals surface area contributed by atoms with E-state index >= 15 is 0 Å². The van der Waals surface area contributed by atoms with Crippen molar-refractivity contribution in [3.63, 3.8) is 0 Å². The van der Waals surface area contributed by atoms with E-state index in [1.165, 1.54) is 28.5 Å². The number of nitrogens with zero attached hydrogens (tertiary/aromatic N) is 7. The summed E-state index contributed by atoms with van der Waals surface area (Å²) in [5.41, 5.74) is 6.35. The van der Waals surface area contributed by atoms with Gasteiger partial charge in [0.25, 0.3) is 5.91 Å². The summed E-state index contributed by atoms with van der Waals surface area (Å²) in [6, 6.07) is 10.6. The molecule has 0 aliphatic carbocycles. The number of alkyl halides is 3. The van der Waals surface area contributed by atoms with E-state index < -0.39 is 17.6 Å². The lowest BCUT2D eigenvalue weighted by molar-refractivity contribution is -0.137. The number of nitrogens with two attached hydrogens (primary N) is 1. The third-order valence-corrected chi connectivity index (χ3v) is 5.77. The zero-order chi connectivity index (χ0) is 26.2. The maximum Gasteiger partial charge on any atom is 0.417 e. The zero-order valence-electron chi connectivity index (χ0n) is 19.4. The molecular formula is C25H19F3N8O. The third-order valence-electron chi connectivity index (χ3n) is 5.77. The normalized spacial score (nSPS) is 11.6. The first-order chi connectivity index (χ1) is 17.7. The molecule has 12 heteroatoms. The summed E-state index contributed by atoms with van der Waals surface area (Å²) in [5, 5.41) is 4.86. The average molecular weight is 504 g/mol. The lowest BCUT2D eigenvalue weighted by Crippen LogP contribution is -2.45. The molecule has 0 saturated carbocycles. The summed E-state index contributed by atoms with van der Waals surface area (Å²) < 4.78 is 39.0. The molecule has 0 atom stereocenters. The van der Waals surface area contributed by atoms with E-state index in [4.69, 9.17) is 5.73 Å². The van der Waals surface area contributed by atoms with E-state index in [1.807, 2.05) is 0 Å². The molecule has 0 spiro atoms. The van der Waals surface area contributed by atoms with Crippen LogP contribution in [-0.2, 0) is 12.7 Å². The molecule has 4 heterocycles. The summed E-state index contributed by atoms with van der Waals surface area (Å²) in [6.07, 6.45) is 2.49. The van der Waals surface area contributed by atoms with Crippen LogP contribution in [0.5, 0.6) is 0 Å². The molecule has 1 aromatic carbocycles. The Morgan fingerprint density at radius 2 is 1.73 bits per heavy atom. The second-order valence-electron chi connectivity index (χ2n) is 8.12. The largest absolute Gasteiger partial charge is 0.417 e. The van der Waals surface area contributed by atoms with E-state index in [9.17, 15) is 18.0 Å². The van der Waals surface area contributed by atoms with Gasteiger partial charge >= 0.3 is 6.18 Å². The van der Waals surface area contributed by atoms with Crippen LogP contribution >= 0.6 is 0 Å². The van der Waals surface area contributed by atoms with Gasteiger partial charge in [0, 0.05) is 54.4 Å². The van der Waals surface area contributed by atoms with Gasteiger partial charge in [-0.05, 0) is 47.9 Å². The zero-order valence-corrected chi connectivity index (χ0v) is 19.4. The average Bonchev–Trinajstić information content (AvgIpc) is 2.91. The van der Waals surface area contributed by atoms with Gasteiger partial charge in [0.05, 0.1) is 23.3 Å². The van der Waals surface area contributed by atoms with Gasteiger partial charge in [-0.2, -0.15) is 13.2 Å². The number of anilines is 2. The number of carbonyl (C=O) groups is 1. The second kappa shape index (κ2) is 9.30. The number of hydrogen-bond acceptors (Lipinski definition) is 8.